The third kappa shape index (κ3) is 3.42. The molecule has 5 heteroatoms. The zero-order valence-electron chi connectivity index (χ0n) is 12.6. The molecule has 0 spiro atoms. The lowest BCUT2D eigenvalue weighted by atomic mass is 9.85. The van der Waals surface area contributed by atoms with Gasteiger partial charge in [0.2, 0.25) is 0 Å². The maximum Gasteiger partial charge on any atom is 0.337 e. The predicted octanol–water partition coefficient (Wildman–Crippen LogP) is 2.08. The molecule has 1 N–H and O–H groups in total. The SMILES string of the molecule is COC(=O)c1ccc(C2CCC(C(=O)OC)C(C)N2)cc1. The summed E-state index contributed by atoms with van der Waals surface area (Å²) in [5.41, 5.74) is 1.65. The number of carbonyl (C=O) groups excluding carboxylic acids is 2. The number of ether oxygens (including phenoxy) is 2. The van der Waals surface area contributed by atoms with Gasteiger partial charge in [0, 0.05) is 12.1 Å². The summed E-state index contributed by atoms with van der Waals surface area (Å²) in [6, 6.07) is 7.63. The summed E-state index contributed by atoms with van der Waals surface area (Å²) in [7, 11) is 2.79. The van der Waals surface area contributed by atoms with Crippen molar-refractivity contribution in [2.75, 3.05) is 14.2 Å². The van der Waals surface area contributed by atoms with Crippen molar-refractivity contribution in [3.05, 3.63) is 35.4 Å². The predicted molar refractivity (Wildman–Crippen MR) is 77.9 cm³/mol. The van der Waals surface area contributed by atoms with Gasteiger partial charge in [-0.15, -0.1) is 0 Å². The standard InChI is InChI=1S/C16H21NO4/c1-10-13(16(19)21-3)8-9-14(17-10)11-4-6-12(7-5-11)15(18)20-2/h4-7,10,13-14,17H,8-9H2,1-3H3. The molecule has 5 nitrogen and oxygen atoms in total. The van der Waals surface area contributed by atoms with Gasteiger partial charge in [0.15, 0.2) is 0 Å². The molecule has 1 heterocycles. The lowest BCUT2D eigenvalue weighted by molar-refractivity contribution is -0.147. The van der Waals surface area contributed by atoms with Crippen molar-refractivity contribution in [1.82, 2.24) is 5.32 Å². The summed E-state index contributed by atoms with van der Waals surface area (Å²) in [5, 5.41) is 3.44. The number of methoxy groups -OCH3 is 2. The normalized spacial score (nSPS) is 25.2. The highest BCUT2D eigenvalue weighted by atomic mass is 16.5. The quantitative estimate of drug-likeness (QED) is 0.864. The smallest absolute Gasteiger partial charge is 0.337 e. The van der Waals surface area contributed by atoms with Gasteiger partial charge in [-0.05, 0) is 37.5 Å². The van der Waals surface area contributed by atoms with Gasteiger partial charge < -0.3 is 14.8 Å². The lowest BCUT2D eigenvalue weighted by Gasteiger charge is -2.34. The van der Waals surface area contributed by atoms with E-state index in [0.29, 0.717) is 5.56 Å². The summed E-state index contributed by atoms with van der Waals surface area (Å²) >= 11 is 0. The number of hydrogen-bond acceptors (Lipinski definition) is 5. The van der Waals surface area contributed by atoms with E-state index in [1.165, 1.54) is 14.2 Å². The van der Waals surface area contributed by atoms with E-state index in [1.54, 1.807) is 12.1 Å². The van der Waals surface area contributed by atoms with Crippen LogP contribution in [0.5, 0.6) is 0 Å². The minimum Gasteiger partial charge on any atom is -0.469 e. The van der Waals surface area contributed by atoms with Crippen LogP contribution in [0.15, 0.2) is 24.3 Å². The molecular weight excluding hydrogens is 270 g/mol. The fourth-order valence-corrected chi connectivity index (χ4v) is 2.82. The van der Waals surface area contributed by atoms with Crippen LogP contribution in [0.2, 0.25) is 0 Å². The molecule has 1 saturated heterocycles. The summed E-state index contributed by atoms with van der Waals surface area (Å²) in [6.07, 6.45) is 1.66. The molecule has 1 aliphatic rings. The minimum absolute atomic E-state index is 0.0662. The lowest BCUT2D eigenvalue weighted by Crippen LogP contribution is -2.44. The number of carbonyl (C=O) groups is 2. The second kappa shape index (κ2) is 6.72. The first-order valence-corrected chi connectivity index (χ1v) is 7.09. The van der Waals surface area contributed by atoms with Crippen molar-refractivity contribution in [2.45, 2.75) is 31.8 Å². The van der Waals surface area contributed by atoms with E-state index < -0.39 is 0 Å². The second-order valence-corrected chi connectivity index (χ2v) is 5.33. The Bertz CT molecular complexity index is 512. The van der Waals surface area contributed by atoms with E-state index in [-0.39, 0.29) is 29.9 Å². The van der Waals surface area contributed by atoms with Crippen LogP contribution in [0.25, 0.3) is 0 Å². The average molecular weight is 291 g/mol. The first kappa shape index (κ1) is 15.5. The molecule has 0 aliphatic carbocycles. The maximum absolute atomic E-state index is 11.7. The van der Waals surface area contributed by atoms with Crippen molar-refractivity contribution >= 4 is 11.9 Å². The molecule has 1 aliphatic heterocycles. The third-order valence-corrected chi connectivity index (χ3v) is 4.07. The molecule has 0 amide bonds. The van der Waals surface area contributed by atoms with Gasteiger partial charge in [-0.3, -0.25) is 4.79 Å². The average Bonchev–Trinajstić information content (AvgIpc) is 2.53. The van der Waals surface area contributed by atoms with Crippen molar-refractivity contribution in [2.24, 2.45) is 5.92 Å². The van der Waals surface area contributed by atoms with Gasteiger partial charge in [-0.25, -0.2) is 4.79 Å². The molecule has 0 bridgehead atoms. The zero-order chi connectivity index (χ0) is 15.4. The monoisotopic (exact) mass is 291 g/mol. The number of hydrogen-bond donors (Lipinski definition) is 1. The Balaban J connectivity index is 2.04. The molecule has 21 heavy (non-hydrogen) atoms. The number of rotatable bonds is 3. The van der Waals surface area contributed by atoms with Gasteiger partial charge >= 0.3 is 11.9 Å². The minimum atomic E-state index is -0.336. The van der Waals surface area contributed by atoms with Gasteiger partial charge in [-0.1, -0.05) is 12.1 Å². The highest BCUT2D eigenvalue weighted by Crippen LogP contribution is 2.30. The van der Waals surface area contributed by atoms with Gasteiger partial charge in [0.25, 0.3) is 0 Å². The van der Waals surface area contributed by atoms with E-state index in [4.69, 9.17) is 4.74 Å². The van der Waals surface area contributed by atoms with Crippen molar-refractivity contribution in [1.29, 1.82) is 0 Å². The first-order valence-electron chi connectivity index (χ1n) is 7.09. The Hall–Kier alpha value is -1.88. The van der Waals surface area contributed by atoms with Crippen LogP contribution in [0.3, 0.4) is 0 Å². The van der Waals surface area contributed by atoms with Crippen LogP contribution in [-0.2, 0) is 14.3 Å². The molecular formula is C16H21NO4. The number of benzene rings is 1. The van der Waals surface area contributed by atoms with Crippen molar-refractivity contribution < 1.29 is 19.1 Å². The third-order valence-electron chi connectivity index (χ3n) is 4.07. The highest BCUT2D eigenvalue weighted by Gasteiger charge is 2.33. The molecule has 114 valence electrons. The summed E-state index contributed by atoms with van der Waals surface area (Å²) in [4.78, 5) is 23.1. The van der Waals surface area contributed by atoms with E-state index in [9.17, 15) is 9.59 Å². The maximum atomic E-state index is 11.7. The van der Waals surface area contributed by atoms with E-state index >= 15 is 0 Å². The molecule has 1 aromatic rings. The van der Waals surface area contributed by atoms with Gasteiger partial charge in [0.1, 0.15) is 0 Å². The summed E-state index contributed by atoms with van der Waals surface area (Å²) in [5.74, 6) is -0.590. The number of esters is 2. The Morgan fingerprint density at radius 1 is 1.10 bits per heavy atom. The molecule has 3 atom stereocenters. The van der Waals surface area contributed by atoms with E-state index in [1.807, 2.05) is 19.1 Å². The van der Waals surface area contributed by atoms with Crippen LogP contribution >= 0.6 is 0 Å². The first-order chi connectivity index (χ1) is 10.1. The molecule has 3 unspecified atom stereocenters. The van der Waals surface area contributed by atoms with Crippen LogP contribution in [0.1, 0.15) is 41.7 Å². The molecule has 2 rings (SSSR count). The molecule has 0 saturated carbocycles. The Kier molecular flexibility index (Phi) is 4.96. The second-order valence-electron chi connectivity index (χ2n) is 5.33. The van der Waals surface area contributed by atoms with Crippen molar-refractivity contribution in [3.8, 4) is 0 Å². The Labute approximate surface area is 124 Å². The molecule has 0 radical (unpaired) electrons. The van der Waals surface area contributed by atoms with E-state index in [2.05, 4.69) is 10.1 Å². The zero-order valence-corrected chi connectivity index (χ0v) is 12.6. The fraction of sp³-hybridized carbons (Fsp3) is 0.500. The number of piperidine rings is 1. The largest absolute Gasteiger partial charge is 0.469 e. The molecule has 0 aromatic heterocycles. The Morgan fingerprint density at radius 3 is 2.29 bits per heavy atom. The number of nitrogens with one attached hydrogen (secondary N) is 1. The fourth-order valence-electron chi connectivity index (χ4n) is 2.82. The highest BCUT2D eigenvalue weighted by molar-refractivity contribution is 5.89. The summed E-state index contributed by atoms with van der Waals surface area (Å²) < 4.78 is 9.51. The topological polar surface area (TPSA) is 64.6 Å². The van der Waals surface area contributed by atoms with Crippen LogP contribution in [0.4, 0.5) is 0 Å². The van der Waals surface area contributed by atoms with Crippen molar-refractivity contribution in [3.63, 3.8) is 0 Å². The van der Waals surface area contributed by atoms with Gasteiger partial charge in [-0.2, -0.15) is 0 Å². The molecule has 1 fully saturated rings. The van der Waals surface area contributed by atoms with E-state index in [0.717, 1.165) is 18.4 Å². The van der Waals surface area contributed by atoms with Crippen LogP contribution in [-0.4, -0.2) is 32.2 Å². The van der Waals surface area contributed by atoms with Crippen LogP contribution in [0, 0.1) is 5.92 Å². The summed E-state index contributed by atoms with van der Waals surface area (Å²) in [6.45, 7) is 2.00. The van der Waals surface area contributed by atoms with Gasteiger partial charge in [0.05, 0.1) is 25.7 Å². The molecule has 1 aromatic carbocycles. The Morgan fingerprint density at radius 2 is 1.76 bits per heavy atom. The van der Waals surface area contributed by atoms with Crippen LogP contribution < -0.4 is 5.32 Å².